The molecule has 19 heavy (non-hydrogen) atoms. The Kier molecular flexibility index (Phi) is 4.66. The largest absolute Gasteiger partial charge is 0.459 e. The molecule has 0 saturated heterocycles. The summed E-state index contributed by atoms with van der Waals surface area (Å²) in [4.78, 5) is 0. The van der Waals surface area contributed by atoms with E-state index < -0.39 is 0 Å². The average molecular weight is 326 g/mol. The van der Waals surface area contributed by atoms with Crippen LogP contribution in [0.15, 0.2) is 33.2 Å². The maximum Gasteiger partial charge on any atom is 0.134 e. The highest BCUT2D eigenvalue weighted by atomic mass is 79.9. The van der Waals surface area contributed by atoms with Crippen molar-refractivity contribution in [3.63, 3.8) is 0 Å². The van der Waals surface area contributed by atoms with Crippen molar-refractivity contribution >= 4 is 26.9 Å². The number of furan rings is 1. The van der Waals surface area contributed by atoms with Gasteiger partial charge in [0.15, 0.2) is 0 Å². The van der Waals surface area contributed by atoms with Crippen LogP contribution in [0, 0.1) is 0 Å². The van der Waals surface area contributed by atoms with Gasteiger partial charge in [0.1, 0.15) is 11.3 Å². The second-order valence-electron chi connectivity index (χ2n) is 5.21. The second kappa shape index (κ2) is 6.07. The zero-order valence-electron chi connectivity index (χ0n) is 11.5. The molecule has 4 heteroatoms. The summed E-state index contributed by atoms with van der Waals surface area (Å²) < 4.78 is 6.90. The van der Waals surface area contributed by atoms with E-state index in [0.717, 1.165) is 27.6 Å². The van der Waals surface area contributed by atoms with Crippen LogP contribution in [0.1, 0.15) is 39.0 Å². The minimum atomic E-state index is -0.290. The van der Waals surface area contributed by atoms with Gasteiger partial charge in [-0.2, -0.15) is 0 Å². The molecule has 0 aliphatic heterocycles. The summed E-state index contributed by atoms with van der Waals surface area (Å²) in [5, 5.41) is 13.9. The van der Waals surface area contributed by atoms with Gasteiger partial charge in [0.25, 0.3) is 0 Å². The molecule has 0 aliphatic rings. The van der Waals surface area contributed by atoms with Crippen LogP contribution in [0.5, 0.6) is 0 Å². The molecule has 0 aliphatic carbocycles. The number of halogens is 1. The summed E-state index contributed by atoms with van der Waals surface area (Å²) in [7, 11) is 0. The monoisotopic (exact) mass is 325 g/mol. The number of aliphatic hydroxyl groups is 1. The van der Waals surface area contributed by atoms with Gasteiger partial charge in [0.2, 0.25) is 0 Å². The van der Waals surface area contributed by atoms with Gasteiger partial charge < -0.3 is 14.8 Å². The normalized spacial score (nSPS) is 16.5. The molecule has 0 saturated carbocycles. The van der Waals surface area contributed by atoms with Crippen molar-refractivity contribution in [2.75, 3.05) is 0 Å². The molecule has 2 aromatic rings. The Balaban J connectivity index is 2.10. The summed E-state index contributed by atoms with van der Waals surface area (Å²) >= 11 is 3.46. The van der Waals surface area contributed by atoms with E-state index >= 15 is 0 Å². The van der Waals surface area contributed by atoms with Gasteiger partial charge in [-0.25, -0.2) is 0 Å². The lowest BCUT2D eigenvalue weighted by atomic mass is 10.1. The minimum absolute atomic E-state index is 0.125. The van der Waals surface area contributed by atoms with Crippen molar-refractivity contribution in [2.24, 2.45) is 0 Å². The Bertz CT molecular complexity index is 550. The Labute approximate surface area is 122 Å². The zero-order valence-corrected chi connectivity index (χ0v) is 13.1. The van der Waals surface area contributed by atoms with E-state index in [1.165, 1.54) is 0 Å². The Morgan fingerprint density at radius 3 is 2.68 bits per heavy atom. The number of hydrogen-bond donors (Lipinski definition) is 2. The van der Waals surface area contributed by atoms with Crippen molar-refractivity contribution in [3.05, 3.63) is 34.5 Å². The van der Waals surface area contributed by atoms with Crippen LogP contribution in [0.3, 0.4) is 0 Å². The molecule has 0 radical (unpaired) electrons. The third kappa shape index (κ3) is 3.81. The van der Waals surface area contributed by atoms with E-state index in [9.17, 15) is 5.11 Å². The van der Waals surface area contributed by atoms with Gasteiger partial charge in [-0.3, -0.25) is 0 Å². The molecule has 0 amide bonds. The lowest BCUT2D eigenvalue weighted by Crippen LogP contribution is -2.31. The molecule has 1 heterocycles. The van der Waals surface area contributed by atoms with Crippen LogP contribution in [-0.4, -0.2) is 17.3 Å². The third-order valence-corrected chi connectivity index (χ3v) is 3.65. The maximum absolute atomic E-state index is 9.38. The zero-order chi connectivity index (χ0) is 14.0. The molecule has 2 rings (SSSR count). The van der Waals surface area contributed by atoms with Crippen molar-refractivity contribution in [3.8, 4) is 0 Å². The highest BCUT2D eigenvalue weighted by molar-refractivity contribution is 9.10. The molecule has 104 valence electrons. The standard InChI is InChI=1S/C15H20BrNO2/c1-9(6-10(2)18)17-11(3)15-8-12-7-13(16)4-5-14(12)19-15/h4-5,7-11,17-18H,6H2,1-3H3. The molecular formula is C15H20BrNO2. The summed E-state index contributed by atoms with van der Waals surface area (Å²) in [6, 6.07) is 8.43. The van der Waals surface area contributed by atoms with Crippen LogP contribution in [0.2, 0.25) is 0 Å². The van der Waals surface area contributed by atoms with E-state index in [1.807, 2.05) is 25.1 Å². The van der Waals surface area contributed by atoms with Crippen molar-refractivity contribution in [2.45, 2.75) is 45.4 Å². The SMILES string of the molecule is CC(O)CC(C)NC(C)c1cc2cc(Br)ccc2o1. The van der Waals surface area contributed by atoms with Crippen LogP contribution in [-0.2, 0) is 0 Å². The highest BCUT2D eigenvalue weighted by Crippen LogP contribution is 2.26. The summed E-state index contributed by atoms with van der Waals surface area (Å²) in [5.41, 5.74) is 0.898. The van der Waals surface area contributed by atoms with E-state index in [-0.39, 0.29) is 18.2 Å². The summed E-state index contributed by atoms with van der Waals surface area (Å²) in [6.07, 6.45) is 0.442. The van der Waals surface area contributed by atoms with Crippen LogP contribution in [0.25, 0.3) is 11.0 Å². The summed E-state index contributed by atoms with van der Waals surface area (Å²) in [6.45, 7) is 5.95. The first-order valence-electron chi connectivity index (χ1n) is 6.59. The molecule has 0 fully saturated rings. The van der Waals surface area contributed by atoms with Gasteiger partial charge in [-0.1, -0.05) is 15.9 Å². The fourth-order valence-electron chi connectivity index (χ4n) is 2.34. The van der Waals surface area contributed by atoms with Crippen LogP contribution in [0.4, 0.5) is 0 Å². The van der Waals surface area contributed by atoms with E-state index in [4.69, 9.17) is 4.42 Å². The lowest BCUT2D eigenvalue weighted by Gasteiger charge is -2.19. The van der Waals surface area contributed by atoms with Crippen molar-refractivity contribution < 1.29 is 9.52 Å². The van der Waals surface area contributed by atoms with Crippen LogP contribution >= 0.6 is 15.9 Å². The maximum atomic E-state index is 9.38. The molecule has 3 nitrogen and oxygen atoms in total. The Hall–Kier alpha value is -0.840. The van der Waals surface area contributed by atoms with Crippen molar-refractivity contribution in [1.82, 2.24) is 5.32 Å². The molecule has 3 atom stereocenters. The quantitative estimate of drug-likeness (QED) is 0.873. The topological polar surface area (TPSA) is 45.4 Å². The highest BCUT2D eigenvalue weighted by Gasteiger charge is 2.15. The van der Waals surface area contributed by atoms with E-state index in [0.29, 0.717) is 0 Å². The van der Waals surface area contributed by atoms with E-state index in [2.05, 4.69) is 41.2 Å². The Morgan fingerprint density at radius 1 is 1.26 bits per heavy atom. The van der Waals surface area contributed by atoms with Crippen molar-refractivity contribution in [1.29, 1.82) is 0 Å². The minimum Gasteiger partial charge on any atom is -0.459 e. The van der Waals surface area contributed by atoms with Gasteiger partial charge in [0.05, 0.1) is 12.1 Å². The Morgan fingerprint density at radius 2 is 2.00 bits per heavy atom. The number of rotatable bonds is 5. The number of hydrogen-bond acceptors (Lipinski definition) is 3. The first-order valence-corrected chi connectivity index (χ1v) is 7.38. The number of nitrogens with one attached hydrogen (secondary N) is 1. The number of aliphatic hydroxyl groups excluding tert-OH is 1. The smallest absolute Gasteiger partial charge is 0.134 e. The molecular weight excluding hydrogens is 306 g/mol. The van der Waals surface area contributed by atoms with Gasteiger partial charge in [0, 0.05) is 15.9 Å². The molecule has 1 aromatic carbocycles. The third-order valence-electron chi connectivity index (χ3n) is 3.15. The molecule has 1 aromatic heterocycles. The summed E-state index contributed by atoms with van der Waals surface area (Å²) in [5.74, 6) is 0.922. The number of fused-ring (bicyclic) bond motifs is 1. The fraction of sp³-hybridized carbons (Fsp3) is 0.467. The van der Waals surface area contributed by atoms with Crippen LogP contribution < -0.4 is 5.32 Å². The number of benzene rings is 1. The van der Waals surface area contributed by atoms with Gasteiger partial charge >= 0.3 is 0 Å². The molecule has 0 bridgehead atoms. The second-order valence-corrected chi connectivity index (χ2v) is 6.12. The first-order chi connectivity index (χ1) is 8.95. The molecule has 2 N–H and O–H groups in total. The van der Waals surface area contributed by atoms with E-state index in [1.54, 1.807) is 0 Å². The predicted octanol–water partition coefficient (Wildman–Crippen LogP) is 4.01. The molecule has 3 unspecified atom stereocenters. The molecule has 0 spiro atoms. The fourth-order valence-corrected chi connectivity index (χ4v) is 2.72. The first kappa shape index (κ1) is 14.6. The van der Waals surface area contributed by atoms with Gasteiger partial charge in [-0.15, -0.1) is 0 Å². The lowest BCUT2D eigenvalue weighted by molar-refractivity contribution is 0.167. The van der Waals surface area contributed by atoms with Gasteiger partial charge in [-0.05, 0) is 51.5 Å². The average Bonchev–Trinajstić information content (AvgIpc) is 2.70. The predicted molar refractivity (Wildman–Crippen MR) is 81.2 cm³/mol.